The Morgan fingerprint density at radius 3 is 2.38 bits per heavy atom. The summed E-state index contributed by atoms with van der Waals surface area (Å²) in [5.41, 5.74) is 1.99. The van der Waals surface area contributed by atoms with Crippen molar-refractivity contribution in [1.82, 2.24) is 0 Å². The van der Waals surface area contributed by atoms with Crippen LogP contribution in [0.15, 0.2) is 36.4 Å². The number of hydrogen-bond acceptors (Lipinski definition) is 3. The monoisotopic (exact) mass is 440 g/mol. The number of carboxylic acids is 1. The standard InChI is InChI=1S/C28H40O4/c1-2-3-4-5-8-11-22-14-16-24(17-15-22)26(29)20-18-23-19-21-27(30)25(23)12-9-6-7-10-13-28(31)32/h14-18,20,23,25H,2-13,19,21H2,1H3,(H,31,32). The third-order valence-corrected chi connectivity index (χ3v) is 6.61. The van der Waals surface area contributed by atoms with Crippen molar-refractivity contribution >= 4 is 17.5 Å². The molecule has 2 unspecified atom stereocenters. The molecule has 0 spiro atoms. The van der Waals surface area contributed by atoms with Gasteiger partial charge in [0.25, 0.3) is 0 Å². The minimum absolute atomic E-state index is 0.00580. The minimum Gasteiger partial charge on any atom is -0.481 e. The van der Waals surface area contributed by atoms with E-state index in [-0.39, 0.29) is 24.0 Å². The summed E-state index contributed by atoms with van der Waals surface area (Å²) in [6, 6.07) is 7.96. The maximum absolute atomic E-state index is 12.6. The molecule has 0 aliphatic heterocycles. The van der Waals surface area contributed by atoms with E-state index in [1.165, 1.54) is 37.7 Å². The van der Waals surface area contributed by atoms with Crippen molar-refractivity contribution in [2.45, 2.75) is 96.8 Å². The fourth-order valence-corrected chi connectivity index (χ4v) is 4.61. The van der Waals surface area contributed by atoms with Gasteiger partial charge in [0.15, 0.2) is 5.78 Å². The predicted molar refractivity (Wildman–Crippen MR) is 129 cm³/mol. The summed E-state index contributed by atoms with van der Waals surface area (Å²) >= 11 is 0. The highest BCUT2D eigenvalue weighted by molar-refractivity contribution is 6.04. The number of rotatable bonds is 16. The lowest BCUT2D eigenvalue weighted by molar-refractivity contribution is -0.137. The van der Waals surface area contributed by atoms with E-state index in [1.807, 2.05) is 18.2 Å². The molecule has 1 aromatic carbocycles. The summed E-state index contributed by atoms with van der Waals surface area (Å²) < 4.78 is 0. The first-order valence-electron chi connectivity index (χ1n) is 12.6. The summed E-state index contributed by atoms with van der Waals surface area (Å²) in [6.45, 7) is 2.22. The number of carboxylic acid groups (broad SMARTS) is 1. The van der Waals surface area contributed by atoms with Gasteiger partial charge in [0.2, 0.25) is 0 Å². The molecule has 32 heavy (non-hydrogen) atoms. The van der Waals surface area contributed by atoms with Gasteiger partial charge in [-0.3, -0.25) is 14.4 Å². The number of carbonyl (C=O) groups is 3. The Bertz CT molecular complexity index is 747. The summed E-state index contributed by atoms with van der Waals surface area (Å²) in [7, 11) is 0. The largest absolute Gasteiger partial charge is 0.481 e. The highest BCUT2D eigenvalue weighted by Gasteiger charge is 2.32. The van der Waals surface area contributed by atoms with E-state index < -0.39 is 5.97 Å². The number of hydrogen-bond donors (Lipinski definition) is 1. The lowest BCUT2D eigenvalue weighted by Crippen LogP contribution is -2.13. The van der Waals surface area contributed by atoms with Crippen LogP contribution in [0.3, 0.4) is 0 Å². The number of ketones is 2. The van der Waals surface area contributed by atoms with Crippen LogP contribution in [0.25, 0.3) is 0 Å². The zero-order valence-corrected chi connectivity index (χ0v) is 19.7. The molecule has 2 atom stereocenters. The molecule has 1 fully saturated rings. The zero-order chi connectivity index (χ0) is 23.2. The first-order valence-corrected chi connectivity index (χ1v) is 12.6. The number of unbranched alkanes of at least 4 members (excludes halogenated alkanes) is 7. The molecule has 1 aromatic rings. The molecule has 1 saturated carbocycles. The molecule has 0 amide bonds. The zero-order valence-electron chi connectivity index (χ0n) is 19.7. The Kier molecular flexibility index (Phi) is 12.0. The van der Waals surface area contributed by atoms with Gasteiger partial charge in [-0.15, -0.1) is 0 Å². The Labute approximate surface area is 193 Å². The number of aryl methyl sites for hydroxylation is 1. The van der Waals surface area contributed by atoms with Gasteiger partial charge < -0.3 is 5.11 Å². The Morgan fingerprint density at radius 2 is 1.66 bits per heavy atom. The van der Waals surface area contributed by atoms with Crippen molar-refractivity contribution < 1.29 is 19.5 Å². The maximum Gasteiger partial charge on any atom is 0.303 e. The van der Waals surface area contributed by atoms with Gasteiger partial charge in [-0.2, -0.15) is 0 Å². The second-order valence-electron chi connectivity index (χ2n) is 9.21. The van der Waals surface area contributed by atoms with Crippen molar-refractivity contribution in [2.24, 2.45) is 11.8 Å². The molecule has 1 aliphatic rings. The van der Waals surface area contributed by atoms with Crippen LogP contribution < -0.4 is 0 Å². The second kappa shape index (κ2) is 14.8. The first kappa shape index (κ1) is 26.0. The number of aliphatic carboxylic acids is 1. The molecular formula is C28H40O4. The summed E-state index contributed by atoms with van der Waals surface area (Å²) in [6.07, 6.45) is 17.0. The highest BCUT2D eigenvalue weighted by atomic mass is 16.4. The molecule has 0 heterocycles. The van der Waals surface area contributed by atoms with Crippen LogP contribution in [0, 0.1) is 11.8 Å². The van der Waals surface area contributed by atoms with Crippen molar-refractivity contribution in [3.8, 4) is 0 Å². The van der Waals surface area contributed by atoms with Crippen LogP contribution in [0.5, 0.6) is 0 Å². The van der Waals surface area contributed by atoms with E-state index in [4.69, 9.17) is 5.11 Å². The van der Waals surface area contributed by atoms with Gasteiger partial charge >= 0.3 is 5.97 Å². The fourth-order valence-electron chi connectivity index (χ4n) is 4.61. The predicted octanol–water partition coefficient (Wildman–Crippen LogP) is 6.96. The van der Waals surface area contributed by atoms with Crippen molar-refractivity contribution in [1.29, 1.82) is 0 Å². The van der Waals surface area contributed by atoms with E-state index in [0.717, 1.165) is 38.5 Å². The molecule has 4 heteroatoms. The van der Waals surface area contributed by atoms with Crippen LogP contribution in [0.2, 0.25) is 0 Å². The molecule has 176 valence electrons. The SMILES string of the molecule is CCCCCCCc1ccc(C(=O)C=CC2CCC(=O)C2CCCCCCC(=O)O)cc1. The lowest BCUT2D eigenvalue weighted by atomic mass is 9.89. The molecule has 0 aromatic heterocycles. The van der Waals surface area contributed by atoms with Crippen molar-refractivity contribution in [3.05, 3.63) is 47.5 Å². The van der Waals surface area contributed by atoms with Gasteiger partial charge in [-0.1, -0.05) is 82.2 Å². The Morgan fingerprint density at radius 1 is 0.969 bits per heavy atom. The normalized spacial score (nSPS) is 18.5. The van der Waals surface area contributed by atoms with Crippen molar-refractivity contribution in [3.63, 3.8) is 0 Å². The van der Waals surface area contributed by atoms with E-state index in [2.05, 4.69) is 19.1 Å². The van der Waals surface area contributed by atoms with E-state index in [1.54, 1.807) is 6.08 Å². The van der Waals surface area contributed by atoms with Crippen LogP contribution in [-0.4, -0.2) is 22.6 Å². The molecule has 2 rings (SSSR count). The number of benzene rings is 1. The Hall–Kier alpha value is -2.23. The molecule has 1 aliphatic carbocycles. The maximum atomic E-state index is 12.6. The van der Waals surface area contributed by atoms with Crippen LogP contribution in [0.4, 0.5) is 0 Å². The van der Waals surface area contributed by atoms with E-state index >= 15 is 0 Å². The summed E-state index contributed by atoms with van der Waals surface area (Å²) in [5.74, 6) is -0.281. The summed E-state index contributed by atoms with van der Waals surface area (Å²) in [4.78, 5) is 35.5. The molecule has 1 N–H and O–H groups in total. The van der Waals surface area contributed by atoms with Crippen LogP contribution >= 0.6 is 0 Å². The molecule has 4 nitrogen and oxygen atoms in total. The molecule has 0 radical (unpaired) electrons. The van der Waals surface area contributed by atoms with Gasteiger partial charge in [0.05, 0.1) is 0 Å². The highest BCUT2D eigenvalue weighted by Crippen LogP contribution is 2.34. The molecular weight excluding hydrogens is 400 g/mol. The first-order chi connectivity index (χ1) is 15.5. The van der Waals surface area contributed by atoms with Crippen LogP contribution in [-0.2, 0) is 16.0 Å². The average molecular weight is 441 g/mol. The van der Waals surface area contributed by atoms with Gasteiger partial charge in [0.1, 0.15) is 5.78 Å². The summed E-state index contributed by atoms with van der Waals surface area (Å²) in [5, 5.41) is 8.69. The topological polar surface area (TPSA) is 71.4 Å². The fraction of sp³-hybridized carbons (Fsp3) is 0.607. The van der Waals surface area contributed by atoms with E-state index in [9.17, 15) is 14.4 Å². The average Bonchev–Trinajstić information content (AvgIpc) is 3.14. The Balaban J connectivity index is 1.77. The smallest absolute Gasteiger partial charge is 0.303 e. The lowest BCUT2D eigenvalue weighted by Gasteiger charge is -2.14. The van der Waals surface area contributed by atoms with Gasteiger partial charge in [-0.25, -0.2) is 0 Å². The third kappa shape index (κ3) is 9.50. The third-order valence-electron chi connectivity index (χ3n) is 6.61. The minimum atomic E-state index is -0.747. The molecule has 0 saturated heterocycles. The number of Topliss-reactive ketones (excluding diaryl/α,β-unsaturated/α-hetero) is 1. The van der Waals surface area contributed by atoms with Crippen LogP contribution in [0.1, 0.15) is 106 Å². The van der Waals surface area contributed by atoms with Gasteiger partial charge in [-0.05, 0) is 49.7 Å². The molecule has 0 bridgehead atoms. The van der Waals surface area contributed by atoms with Crippen molar-refractivity contribution in [2.75, 3.05) is 0 Å². The quantitative estimate of drug-likeness (QED) is 0.171. The number of allylic oxidation sites excluding steroid dienone is 2. The van der Waals surface area contributed by atoms with Gasteiger partial charge in [0, 0.05) is 24.3 Å². The number of carbonyl (C=O) groups excluding carboxylic acids is 2. The second-order valence-corrected chi connectivity index (χ2v) is 9.21. The van der Waals surface area contributed by atoms with E-state index in [0.29, 0.717) is 24.2 Å².